The zero-order valence-electron chi connectivity index (χ0n) is 9.50. The Hall–Kier alpha value is -0.830. The third-order valence-electron chi connectivity index (χ3n) is 2.37. The Morgan fingerprint density at radius 3 is 2.57 bits per heavy atom. The molecule has 2 N–H and O–H groups in total. The first-order chi connectivity index (χ1) is 6.45. The summed E-state index contributed by atoms with van der Waals surface area (Å²) in [5.74, 6) is 1.33. The fraction of sp³-hybridized carbons (Fsp3) is 0.727. The standard InChI is InChI=1S/C11H20N2O/c1-8(5-6-12)9-7-10(14-13-9)11(2,3)4/h7-8H,5-6,12H2,1-4H3. The normalized spacial score (nSPS) is 14.4. The molecule has 0 saturated carbocycles. The molecule has 1 atom stereocenters. The van der Waals surface area contributed by atoms with Crippen molar-refractivity contribution < 1.29 is 4.52 Å². The molecule has 0 aliphatic carbocycles. The fourth-order valence-corrected chi connectivity index (χ4v) is 1.27. The number of nitrogens with two attached hydrogens (primary N) is 1. The van der Waals surface area contributed by atoms with Gasteiger partial charge in [0.15, 0.2) is 0 Å². The average Bonchev–Trinajstić information content (AvgIpc) is 2.51. The molecule has 0 aliphatic rings. The van der Waals surface area contributed by atoms with Crippen LogP contribution in [0.4, 0.5) is 0 Å². The Morgan fingerprint density at radius 1 is 1.50 bits per heavy atom. The summed E-state index contributed by atoms with van der Waals surface area (Å²) in [7, 11) is 0. The van der Waals surface area contributed by atoms with E-state index >= 15 is 0 Å². The molecule has 0 bridgehead atoms. The first kappa shape index (κ1) is 11.2. The van der Waals surface area contributed by atoms with Gasteiger partial charge in [-0.1, -0.05) is 32.9 Å². The molecule has 1 heterocycles. The minimum absolute atomic E-state index is 0.0354. The first-order valence-corrected chi connectivity index (χ1v) is 5.12. The fourth-order valence-electron chi connectivity index (χ4n) is 1.27. The highest BCUT2D eigenvalue weighted by Gasteiger charge is 2.21. The van der Waals surface area contributed by atoms with Crippen LogP contribution in [0.3, 0.4) is 0 Å². The minimum atomic E-state index is 0.0354. The second-order valence-corrected chi connectivity index (χ2v) is 4.84. The first-order valence-electron chi connectivity index (χ1n) is 5.12. The molecular formula is C11H20N2O. The van der Waals surface area contributed by atoms with Gasteiger partial charge in [-0.25, -0.2) is 0 Å². The smallest absolute Gasteiger partial charge is 0.142 e. The van der Waals surface area contributed by atoms with Crippen molar-refractivity contribution >= 4 is 0 Å². The summed E-state index contributed by atoms with van der Waals surface area (Å²) in [6.45, 7) is 9.16. The number of hydrogen-bond acceptors (Lipinski definition) is 3. The summed E-state index contributed by atoms with van der Waals surface area (Å²) in [5.41, 5.74) is 6.55. The molecule has 0 aromatic carbocycles. The van der Waals surface area contributed by atoms with Gasteiger partial charge in [-0.2, -0.15) is 0 Å². The minimum Gasteiger partial charge on any atom is -0.361 e. The van der Waals surface area contributed by atoms with Gasteiger partial charge in [0.2, 0.25) is 0 Å². The Bertz CT molecular complexity index is 286. The lowest BCUT2D eigenvalue weighted by atomic mass is 9.92. The van der Waals surface area contributed by atoms with E-state index in [2.05, 4.69) is 32.9 Å². The van der Waals surface area contributed by atoms with Crippen LogP contribution in [-0.2, 0) is 5.41 Å². The van der Waals surface area contributed by atoms with Gasteiger partial charge in [-0.15, -0.1) is 0 Å². The van der Waals surface area contributed by atoms with Gasteiger partial charge in [0.1, 0.15) is 5.76 Å². The van der Waals surface area contributed by atoms with Crippen molar-refractivity contribution in [3.8, 4) is 0 Å². The van der Waals surface area contributed by atoms with Crippen molar-refractivity contribution in [3.05, 3.63) is 17.5 Å². The third-order valence-corrected chi connectivity index (χ3v) is 2.37. The predicted octanol–water partition coefficient (Wildman–Crippen LogP) is 2.42. The number of aromatic nitrogens is 1. The molecule has 0 spiro atoms. The van der Waals surface area contributed by atoms with Crippen LogP contribution in [0.1, 0.15) is 51.5 Å². The van der Waals surface area contributed by atoms with Crippen molar-refractivity contribution in [2.45, 2.75) is 45.4 Å². The molecule has 0 radical (unpaired) electrons. The molecule has 0 aliphatic heterocycles. The van der Waals surface area contributed by atoms with Crippen LogP contribution in [0.25, 0.3) is 0 Å². The van der Waals surface area contributed by atoms with Crippen molar-refractivity contribution in [2.75, 3.05) is 6.54 Å². The SMILES string of the molecule is CC(CCN)c1cc(C(C)(C)C)on1. The van der Waals surface area contributed by atoms with Crippen LogP contribution in [0, 0.1) is 0 Å². The molecule has 14 heavy (non-hydrogen) atoms. The summed E-state index contributed by atoms with van der Waals surface area (Å²) in [6.07, 6.45) is 0.954. The summed E-state index contributed by atoms with van der Waals surface area (Å²) in [6, 6.07) is 2.04. The maximum atomic E-state index is 5.50. The summed E-state index contributed by atoms with van der Waals surface area (Å²) >= 11 is 0. The van der Waals surface area contributed by atoms with Crippen LogP contribution in [0.2, 0.25) is 0 Å². The Kier molecular flexibility index (Phi) is 3.32. The average molecular weight is 196 g/mol. The second-order valence-electron chi connectivity index (χ2n) is 4.84. The lowest BCUT2D eigenvalue weighted by Crippen LogP contribution is -2.09. The summed E-state index contributed by atoms with van der Waals surface area (Å²) in [4.78, 5) is 0. The van der Waals surface area contributed by atoms with E-state index in [1.165, 1.54) is 0 Å². The molecule has 3 nitrogen and oxygen atoms in total. The van der Waals surface area contributed by atoms with Gasteiger partial charge in [0.05, 0.1) is 5.69 Å². The Balaban J connectivity index is 2.78. The van der Waals surface area contributed by atoms with E-state index in [9.17, 15) is 0 Å². The quantitative estimate of drug-likeness (QED) is 0.807. The van der Waals surface area contributed by atoms with E-state index in [-0.39, 0.29) is 5.41 Å². The van der Waals surface area contributed by atoms with Crippen molar-refractivity contribution in [3.63, 3.8) is 0 Å². The molecule has 1 aromatic rings. The highest BCUT2D eigenvalue weighted by molar-refractivity contribution is 5.15. The Morgan fingerprint density at radius 2 is 2.14 bits per heavy atom. The topological polar surface area (TPSA) is 52.0 Å². The van der Waals surface area contributed by atoms with E-state index in [1.54, 1.807) is 0 Å². The van der Waals surface area contributed by atoms with Crippen LogP contribution in [-0.4, -0.2) is 11.7 Å². The molecule has 3 heteroatoms. The molecule has 1 unspecified atom stereocenters. The van der Waals surface area contributed by atoms with E-state index < -0.39 is 0 Å². The van der Waals surface area contributed by atoms with Crippen LogP contribution < -0.4 is 5.73 Å². The Labute approximate surface area is 85.7 Å². The molecule has 0 amide bonds. The molecule has 1 rings (SSSR count). The maximum Gasteiger partial charge on any atom is 0.142 e. The van der Waals surface area contributed by atoms with Crippen LogP contribution >= 0.6 is 0 Å². The van der Waals surface area contributed by atoms with Gasteiger partial charge < -0.3 is 10.3 Å². The highest BCUT2D eigenvalue weighted by atomic mass is 16.5. The third kappa shape index (κ3) is 2.58. The lowest BCUT2D eigenvalue weighted by Gasteiger charge is -2.12. The monoisotopic (exact) mass is 196 g/mol. The van der Waals surface area contributed by atoms with E-state index in [0.29, 0.717) is 12.5 Å². The molecule has 0 fully saturated rings. The largest absolute Gasteiger partial charge is 0.361 e. The van der Waals surface area contributed by atoms with Crippen molar-refractivity contribution in [1.82, 2.24) is 5.16 Å². The van der Waals surface area contributed by atoms with Crippen molar-refractivity contribution in [2.24, 2.45) is 5.73 Å². The zero-order valence-corrected chi connectivity index (χ0v) is 9.50. The van der Waals surface area contributed by atoms with Gasteiger partial charge >= 0.3 is 0 Å². The zero-order chi connectivity index (χ0) is 10.8. The van der Waals surface area contributed by atoms with Gasteiger partial charge in [-0.3, -0.25) is 0 Å². The number of nitrogens with zero attached hydrogens (tertiary/aromatic N) is 1. The second kappa shape index (κ2) is 4.13. The van der Waals surface area contributed by atoms with Crippen molar-refractivity contribution in [1.29, 1.82) is 0 Å². The van der Waals surface area contributed by atoms with Gasteiger partial charge in [0, 0.05) is 17.4 Å². The number of rotatable bonds is 3. The van der Waals surface area contributed by atoms with Crippen LogP contribution in [0.5, 0.6) is 0 Å². The maximum absolute atomic E-state index is 5.50. The summed E-state index contributed by atoms with van der Waals surface area (Å²) < 4.78 is 5.31. The highest BCUT2D eigenvalue weighted by Crippen LogP contribution is 2.26. The lowest BCUT2D eigenvalue weighted by molar-refractivity contribution is 0.323. The molecule has 1 aromatic heterocycles. The molecule has 80 valence electrons. The summed E-state index contributed by atoms with van der Waals surface area (Å²) in [5, 5.41) is 4.07. The molecule has 0 saturated heterocycles. The van der Waals surface area contributed by atoms with Gasteiger partial charge in [-0.05, 0) is 13.0 Å². The number of hydrogen-bond donors (Lipinski definition) is 1. The van der Waals surface area contributed by atoms with E-state index in [4.69, 9.17) is 10.3 Å². The van der Waals surface area contributed by atoms with E-state index in [0.717, 1.165) is 17.9 Å². The van der Waals surface area contributed by atoms with Gasteiger partial charge in [0.25, 0.3) is 0 Å². The van der Waals surface area contributed by atoms with Crippen LogP contribution in [0.15, 0.2) is 10.6 Å². The molecular weight excluding hydrogens is 176 g/mol. The van der Waals surface area contributed by atoms with E-state index in [1.807, 2.05) is 6.07 Å². The predicted molar refractivity (Wildman–Crippen MR) is 57.3 cm³/mol.